The number of unbranched alkanes of at least 4 members (excludes halogenated alkanes) is 32. The van der Waals surface area contributed by atoms with Crippen molar-refractivity contribution in [3.63, 3.8) is 0 Å². The van der Waals surface area contributed by atoms with E-state index in [-0.39, 0.29) is 84.8 Å². The topological polar surface area (TPSA) is 311 Å². The third-order valence-electron chi connectivity index (χ3n) is 18.1. The molecule has 0 radical (unpaired) electrons. The number of aromatic amines is 1. The molecular formula is C76H133N11O9S. The largest absolute Gasteiger partial charge is 0.462 e. The normalized spacial score (nSPS) is 12.4. The molecule has 0 aliphatic carbocycles. The molecule has 20 nitrogen and oxygen atoms in total. The van der Waals surface area contributed by atoms with E-state index in [1.54, 1.807) is 24.3 Å². The monoisotopic (exact) mass is 1380 g/mol. The number of ketones is 2. The Morgan fingerprint density at radius 1 is 0.567 bits per heavy atom. The van der Waals surface area contributed by atoms with Crippen LogP contribution in [0, 0.1) is 0 Å². The smallest absolute Gasteiger partial charge is 0.328 e. The summed E-state index contributed by atoms with van der Waals surface area (Å²) in [6, 6.07) is 5.19. The number of ether oxygens (including phenoxy) is 2. The maximum absolute atomic E-state index is 13.9. The molecule has 97 heavy (non-hydrogen) atoms. The van der Waals surface area contributed by atoms with Gasteiger partial charge in [-0.1, -0.05) is 238 Å². The van der Waals surface area contributed by atoms with E-state index in [4.69, 9.17) is 26.7 Å². The summed E-state index contributed by atoms with van der Waals surface area (Å²) in [6.07, 6.45) is 43.2. The molecular weight excluding hydrogens is 1240 g/mol. The predicted octanol–water partition coefficient (Wildman–Crippen LogP) is 14.8. The Labute approximate surface area is 588 Å². The number of nitrogens with two attached hydrogens (primary N) is 3. The number of thioether (sulfide) groups is 1. The molecule has 0 aliphatic rings. The minimum Gasteiger partial charge on any atom is -0.462 e. The number of anilines is 2. The molecule has 1 unspecified atom stereocenters. The van der Waals surface area contributed by atoms with Crippen molar-refractivity contribution in [2.45, 2.75) is 328 Å². The van der Waals surface area contributed by atoms with Gasteiger partial charge in [0.15, 0.2) is 23.0 Å². The van der Waals surface area contributed by atoms with E-state index in [1.165, 1.54) is 145 Å². The van der Waals surface area contributed by atoms with Gasteiger partial charge in [-0.15, -0.1) is 0 Å². The second-order valence-electron chi connectivity index (χ2n) is 27.0. The number of imidazole rings is 1. The molecule has 11 N–H and O–H groups in total. The molecule has 0 bridgehead atoms. The average Bonchev–Trinajstić information content (AvgIpc) is 1.65. The van der Waals surface area contributed by atoms with Gasteiger partial charge in [-0.3, -0.25) is 33.3 Å². The van der Waals surface area contributed by atoms with Crippen molar-refractivity contribution in [1.29, 1.82) is 0 Å². The van der Waals surface area contributed by atoms with Crippen LogP contribution in [0.3, 0.4) is 0 Å². The van der Waals surface area contributed by atoms with E-state index in [1.807, 2.05) is 0 Å². The number of nitrogen functional groups attached to an aromatic ring is 1. The van der Waals surface area contributed by atoms with Crippen molar-refractivity contribution in [3.8, 4) is 0 Å². The molecule has 2 amide bonds. The van der Waals surface area contributed by atoms with Crippen LogP contribution in [0.2, 0.25) is 0 Å². The van der Waals surface area contributed by atoms with Gasteiger partial charge in [-0.25, -0.2) is 4.79 Å². The predicted molar refractivity (Wildman–Crippen MR) is 399 cm³/mol. The zero-order chi connectivity index (χ0) is 70.2. The molecule has 3 aromatic rings. The van der Waals surface area contributed by atoms with E-state index < -0.39 is 24.1 Å². The first-order valence-electron chi connectivity index (χ1n) is 38.6. The van der Waals surface area contributed by atoms with E-state index in [2.05, 4.69) is 57.0 Å². The molecule has 0 spiro atoms. The van der Waals surface area contributed by atoms with E-state index >= 15 is 0 Å². The quantitative estimate of drug-likeness (QED) is 0.0148. The number of esters is 2. The van der Waals surface area contributed by atoms with Gasteiger partial charge in [0.1, 0.15) is 18.2 Å². The number of amides is 2. The molecule has 0 saturated carbocycles. The third-order valence-corrected chi connectivity index (χ3v) is 19.3. The minimum atomic E-state index is -0.963. The fourth-order valence-electron chi connectivity index (χ4n) is 11.9. The zero-order valence-corrected chi connectivity index (χ0v) is 61.5. The number of H-pyrrole nitrogens is 1. The molecule has 21 heteroatoms. The summed E-state index contributed by atoms with van der Waals surface area (Å²) in [5.74, 6) is -0.628. The Hall–Kier alpha value is -5.38. The van der Waals surface area contributed by atoms with Crippen LogP contribution in [0.1, 0.15) is 319 Å². The van der Waals surface area contributed by atoms with Crippen molar-refractivity contribution in [2.75, 3.05) is 61.9 Å². The first-order chi connectivity index (χ1) is 47.3. The maximum Gasteiger partial charge on any atom is 0.328 e. The molecule has 3 rings (SSSR count). The highest BCUT2D eigenvalue weighted by Crippen LogP contribution is 2.21. The highest BCUT2D eigenvalue weighted by molar-refractivity contribution is 7.99. The lowest BCUT2D eigenvalue weighted by Gasteiger charge is -2.21. The molecule has 2 heterocycles. The average molecular weight is 1380 g/mol. The summed E-state index contributed by atoms with van der Waals surface area (Å²) in [5.41, 5.74) is 19.8. The Bertz CT molecular complexity index is 2620. The first-order valence-corrected chi connectivity index (χ1v) is 39.8. The van der Waals surface area contributed by atoms with Crippen LogP contribution < -0.4 is 44.2 Å². The fraction of sp³-hybridized carbons (Fsp3) is 0.776. The number of nitrogens with zero attached hydrogens (tertiary/aromatic N) is 3. The van der Waals surface area contributed by atoms with Crippen LogP contribution in [0.15, 0.2) is 29.1 Å². The summed E-state index contributed by atoms with van der Waals surface area (Å²) in [4.78, 5) is 105. The van der Waals surface area contributed by atoms with Gasteiger partial charge in [0, 0.05) is 62.3 Å². The summed E-state index contributed by atoms with van der Waals surface area (Å²) in [5, 5.41) is 12.5. The molecule has 1 aromatic carbocycles. The van der Waals surface area contributed by atoms with Crippen LogP contribution in [-0.4, -0.2) is 124 Å². The van der Waals surface area contributed by atoms with Gasteiger partial charge in [0.05, 0.1) is 18.6 Å². The van der Waals surface area contributed by atoms with Crippen molar-refractivity contribution in [1.82, 2.24) is 35.5 Å². The Morgan fingerprint density at radius 3 is 1.65 bits per heavy atom. The second-order valence-corrected chi connectivity index (χ2v) is 28.0. The Morgan fingerprint density at radius 2 is 1.08 bits per heavy atom. The third kappa shape index (κ3) is 42.4. The number of aromatic nitrogens is 4. The molecule has 0 saturated heterocycles. The molecule has 3 atom stereocenters. The Balaban J connectivity index is 1.51. The number of hydrogen-bond donors (Lipinski definition) is 8. The van der Waals surface area contributed by atoms with E-state index in [0.717, 1.165) is 115 Å². The number of hydrogen-bond acceptors (Lipinski definition) is 17. The van der Waals surface area contributed by atoms with Crippen molar-refractivity contribution >= 4 is 70.0 Å². The Kier molecular flexibility index (Phi) is 50.8. The number of carbonyl (C=O) groups excluding carboxylic acids is 6. The second kappa shape index (κ2) is 57.4. The zero-order valence-electron chi connectivity index (χ0n) is 60.7. The molecule has 0 fully saturated rings. The van der Waals surface area contributed by atoms with Crippen molar-refractivity contribution in [3.05, 3.63) is 45.9 Å². The SMILES string of the molecule is CCCCCCCCCCCCCCCC(=O)OCC(CSC[C@H](N)C(=O)N[C@@H](CCCCNC(=O)CCC(=O)c1ccc(Cn2c(=O)[nH]c3c(N)nc(NCCCC)nc32)cc1)C(=O)CCCCCCCCCNCCCN)OC(=O)CCCCCCCCCCCCCCC. The van der Waals surface area contributed by atoms with Crippen molar-refractivity contribution < 1.29 is 38.2 Å². The molecule has 2 aromatic heterocycles. The van der Waals surface area contributed by atoms with Gasteiger partial charge in [-0.2, -0.15) is 21.7 Å². The van der Waals surface area contributed by atoms with Gasteiger partial charge >= 0.3 is 17.6 Å². The number of nitrogens with one attached hydrogen (secondary N) is 5. The number of rotatable bonds is 66. The fourth-order valence-corrected chi connectivity index (χ4v) is 12.9. The van der Waals surface area contributed by atoms with E-state index in [9.17, 15) is 33.6 Å². The summed E-state index contributed by atoms with van der Waals surface area (Å²) >= 11 is 1.35. The minimum absolute atomic E-state index is 0.00367. The molecule has 552 valence electrons. The van der Waals surface area contributed by atoms with Crippen LogP contribution >= 0.6 is 11.8 Å². The standard InChI is InChI=1S/C76H133N11O9S/c1-4-7-10-12-14-16-18-20-22-24-28-32-36-44-69(91)95-58-63(96-70(92)45-37-33-29-25-23-21-19-17-15-13-11-8-5-2)59-97-60-64(78)74(93)83-65(67(89)43-35-31-27-26-30-34-39-53-80-54-41-52-77)42-38-40-56-81-68(90)51-50-66(88)62-48-46-61(47-49-62)57-87-73-71(84-76(87)94)72(79)85-75(86-73)82-55-9-6-3/h46-49,63-65,80H,4-45,50-60,77-78H2,1-3H3,(H,81,90)(H,83,93)(H,84,94)(H3,79,82,85,86)/t63?,64-,65-/m0/s1. The van der Waals surface area contributed by atoms with Crippen molar-refractivity contribution in [2.24, 2.45) is 11.5 Å². The van der Waals surface area contributed by atoms with Gasteiger partial charge in [0.2, 0.25) is 17.8 Å². The lowest BCUT2D eigenvalue weighted by Crippen LogP contribution is -2.49. The van der Waals surface area contributed by atoms with Gasteiger partial charge < -0.3 is 52.9 Å². The van der Waals surface area contributed by atoms with E-state index in [0.29, 0.717) is 80.8 Å². The first kappa shape index (κ1) is 85.8. The van der Waals surface area contributed by atoms with Crippen LogP contribution in [0.4, 0.5) is 11.8 Å². The van der Waals surface area contributed by atoms with Gasteiger partial charge in [-0.05, 0) is 83.0 Å². The lowest BCUT2D eigenvalue weighted by atomic mass is 9.99. The maximum atomic E-state index is 13.9. The van der Waals surface area contributed by atoms with Crippen LogP contribution in [-0.2, 0) is 40.0 Å². The molecule has 0 aliphatic heterocycles. The number of Topliss-reactive ketones (excluding diaryl/α,β-unsaturated/α-hetero) is 2. The van der Waals surface area contributed by atoms with Crippen LogP contribution in [0.5, 0.6) is 0 Å². The number of carbonyl (C=O) groups is 6. The van der Waals surface area contributed by atoms with Gasteiger partial charge in [0.25, 0.3) is 0 Å². The lowest BCUT2D eigenvalue weighted by molar-refractivity contribution is -0.157. The summed E-state index contributed by atoms with van der Waals surface area (Å²) < 4.78 is 13.1. The summed E-state index contributed by atoms with van der Waals surface area (Å²) in [6.45, 7) is 10.3. The van der Waals surface area contributed by atoms with Crippen LogP contribution in [0.25, 0.3) is 11.2 Å². The highest BCUT2D eigenvalue weighted by atomic mass is 32.2. The summed E-state index contributed by atoms with van der Waals surface area (Å²) in [7, 11) is 0. The number of fused-ring (bicyclic) bond motifs is 1. The highest BCUT2D eigenvalue weighted by Gasteiger charge is 2.25. The number of benzene rings is 1.